The largest absolute Gasteiger partial charge is 0.465 e. The van der Waals surface area contributed by atoms with Gasteiger partial charge in [-0.3, -0.25) is 0 Å². The Balaban J connectivity index is 1.39. The van der Waals surface area contributed by atoms with Crippen LogP contribution >= 0.6 is 23.1 Å². The first-order chi connectivity index (χ1) is 17.7. The molecule has 178 valence electrons. The Morgan fingerprint density at radius 2 is 1.89 bits per heavy atom. The molecule has 36 heavy (non-hydrogen) atoms. The molecular formula is C28H21N3O3S2. The predicted molar refractivity (Wildman–Crippen MR) is 143 cm³/mol. The van der Waals surface area contributed by atoms with Crippen LogP contribution in [0.5, 0.6) is 0 Å². The molecule has 0 amide bonds. The minimum absolute atomic E-state index is 0.379. The van der Waals surface area contributed by atoms with Gasteiger partial charge in [-0.25, -0.2) is 14.8 Å². The number of benzene rings is 3. The molecule has 6 aromatic rings. The lowest BCUT2D eigenvalue weighted by atomic mass is 10.2. The van der Waals surface area contributed by atoms with E-state index in [0.29, 0.717) is 17.3 Å². The number of oxazole rings is 1. The van der Waals surface area contributed by atoms with Crippen molar-refractivity contribution in [3.8, 4) is 11.4 Å². The zero-order valence-electron chi connectivity index (χ0n) is 19.4. The Bertz CT molecular complexity index is 1670. The Hall–Kier alpha value is -3.88. The fraction of sp³-hybridized carbons (Fsp3) is 0.107. The molecule has 0 bridgehead atoms. The molecule has 6 nitrogen and oxygen atoms in total. The summed E-state index contributed by atoms with van der Waals surface area (Å²) in [6, 6.07) is 25.9. The van der Waals surface area contributed by atoms with Gasteiger partial charge in [0.05, 0.1) is 30.3 Å². The maximum Gasteiger partial charge on any atom is 0.337 e. The Morgan fingerprint density at radius 1 is 1.00 bits per heavy atom. The summed E-state index contributed by atoms with van der Waals surface area (Å²) in [6.07, 6.45) is 0. The lowest BCUT2D eigenvalue weighted by molar-refractivity contribution is 0.0601. The molecule has 3 aromatic heterocycles. The van der Waals surface area contributed by atoms with Gasteiger partial charge in [-0.1, -0.05) is 48.2 Å². The fourth-order valence-electron chi connectivity index (χ4n) is 4.14. The van der Waals surface area contributed by atoms with E-state index in [-0.39, 0.29) is 5.97 Å². The number of hydrogen-bond acceptors (Lipinski definition) is 7. The number of esters is 1. The molecule has 0 aliphatic rings. The summed E-state index contributed by atoms with van der Waals surface area (Å²) in [5, 5.41) is 2.71. The molecule has 0 spiro atoms. The molecule has 6 rings (SSSR count). The van der Waals surface area contributed by atoms with E-state index in [1.165, 1.54) is 17.6 Å². The van der Waals surface area contributed by atoms with E-state index in [1.807, 2.05) is 48.5 Å². The topological polar surface area (TPSA) is 70.2 Å². The molecule has 8 heteroatoms. The molecule has 0 atom stereocenters. The van der Waals surface area contributed by atoms with Crippen LogP contribution in [0.15, 0.2) is 93.9 Å². The number of rotatable bonds is 7. The van der Waals surface area contributed by atoms with Gasteiger partial charge < -0.3 is 13.7 Å². The van der Waals surface area contributed by atoms with Crippen LogP contribution < -0.4 is 0 Å². The van der Waals surface area contributed by atoms with Crippen molar-refractivity contribution in [2.45, 2.75) is 17.5 Å². The molecule has 0 saturated heterocycles. The van der Waals surface area contributed by atoms with Gasteiger partial charge in [0.15, 0.2) is 5.58 Å². The van der Waals surface area contributed by atoms with Crippen molar-refractivity contribution in [3.05, 3.63) is 100 Å². The Labute approximate surface area is 215 Å². The lowest BCUT2D eigenvalue weighted by Crippen LogP contribution is -2.02. The highest BCUT2D eigenvalue weighted by molar-refractivity contribution is 7.98. The number of aromatic nitrogens is 3. The average molecular weight is 512 g/mol. The van der Waals surface area contributed by atoms with Gasteiger partial charge >= 0.3 is 5.97 Å². The second kappa shape index (κ2) is 9.64. The van der Waals surface area contributed by atoms with E-state index in [4.69, 9.17) is 19.1 Å². The number of thiophene rings is 1. The number of carbonyl (C=O) groups is 1. The number of fused-ring (bicyclic) bond motifs is 2. The highest BCUT2D eigenvalue weighted by atomic mass is 32.2. The van der Waals surface area contributed by atoms with Crippen molar-refractivity contribution in [1.82, 2.24) is 14.5 Å². The number of ether oxygens (including phenoxy) is 1. The average Bonchev–Trinajstić information content (AvgIpc) is 3.66. The molecule has 0 saturated carbocycles. The van der Waals surface area contributed by atoms with Crippen LogP contribution in [-0.2, 0) is 17.0 Å². The van der Waals surface area contributed by atoms with E-state index in [2.05, 4.69) is 28.1 Å². The molecule has 0 unspecified atom stereocenters. The lowest BCUT2D eigenvalue weighted by Gasteiger charge is -2.08. The maximum atomic E-state index is 12.1. The van der Waals surface area contributed by atoms with Crippen LogP contribution in [0.25, 0.3) is 33.5 Å². The van der Waals surface area contributed by atoms with Crippen LogP contribution in [-0.4, -0.2) is 27.6 Å². The number of thioether (sulfide) groups is 1. The summed E-state index contributed by atoms with van der Waals surface area (Å²) in [6.45, 7) is 0.677. The molecule has 0 radical (unpaired) electrons. The van der Waals surface area contributed by atoms with Crippen molar-refractivity contribution in [2.75, 3.05) is 7.11 Å². The summed E-state index contributed by atoms with van der Waals surface area (Å²) < 4.78 is 13.1. The SMILES string of the molecule is COC(=O)c1ccc2c(c1)nc(-c1ccc3oc(SCc4ccccc4)nc3c1)n2Cc1cccs1. The predicted octanol–water partition coefficient (Wildman–Crippen LogP) is 7.03. The quantitative estimate of drug-likeness (QED) is 0.169. The van der Waals surface area contributed by atoms with Gasteiger partial charge in [-0.05, 0) is 53.4 Å². The van der Waals surface area contributed by atoms with Crippen molar-refractivity contribution in [2.24, 2.45) is 0 Å². The molecule has 0 aliphatic heterocycles. The molecule has 0 aliphatic carbocycles. The van der Waals surface area contributed by atoms with Crippen LogP contribution in [0, 0.1) is 0 Å². The summed E-state index contributed by atoms with van der Waals surface area (Å²) in [4.78, 5) is 23.0. The van der Waals surface area contributed by atoms with Crippen molar-refractivity contribution in [1.29, 1.82) is 0 Å². The van der Waals surface area contributed by atoms with Gasteiger partial charge in [-0.2, -0.15) is 0 Å². The third kappa shape index (κ3) is 4.41. The van der Waals surface area contributed by atoms with Crippen molar-refractivity contribution >= 4 is 51.2 Å². The molecule has 0 N–H and O–H groups in total. The van der Waals surface area contributed by atoms with E-state index in [1.54, 1.807) is 35.2 Å². The van der Waals surface area contributed by atoms with Crippen LogP contribution in [0.1, 0.15) is 20.8 Å². The van der Waals surface area contributed by atoms with Gasteiger partial charge in [0, 0.05) is 16.2 Å². The monoisotopic (exact) mass is 511 g/mol. The first kappa shape index (κ1) is 22.6. The minimum Gasteiger partial charge on any atom is -0.465 e. The highest BCUT2D eigenvalue weighted by Crippen LogP contribution is 2.32. The normalized spacial score (nSPS) is 11.4. The summed E-state index contributed by atoms with van der Waals surface area (Å²) in [5.74, 6) is 1.22. The van der Waals surface area contributed by atoms with Gasteiger partial charge in [0.25, 0.3) is 5.22 Å². The van der Waals surface area contributed by atoms with Crippen LogP contribution in [0.3, 0.4) is 0 Å². The van der Waals surface area contributed by atoms with Gasteiger partial charge in [-0.15, -0.1) is 11.3 Å². The molecule has 3 aromatic carbocycles. The van der Waals surface area contributed by atoms with Gasteiger partial charge in [0.2, 0.25) is 0 Å². The number of hydrogen-bond donors (Lipinski definition) is 0. The van der Waals surface area contributed by atoms with E-state index in [0.717, 1.165) is 39.3 Å². The smallest absolute Gasteiger partial charge is 0.337 e. The first-order valence-corrected chi connectivity index (χ1v) is 13.2. The Kier molecular flexibility index (Phi) is 6.04. The van der Waals surface area contributed by atoms with E-state index < -0.39 is 0 Å². The zero-order valence-corrected chi connectivity index (χ0v) is 21.0. The van der Waals surface area contributed by atoms with E-state index >= 15 is 0 Å². The fourth-order valence-corrected chi connectivity index (χ4v) is 5.63. The minimum atomic E-state index is -0.379. The van der Waals surface area contributed by atoms with Crippen molar-refractivity contribution < 1.29 is 13.9 Å². The number of methoxy groups -OCH3 is 1. The molecule has 0 fully saturated rings. The number of carbonyl (C=O) groups excluding carboxylic acids is 1. The molecular weight excluding hydrogens is 490 g/mol. The zero-order chi connectivity index (χ0) is 24.5. The highest BCUT2D eigenvalue weighted by Gasteiger charge is 2.17. The van der Waals surface area contributed by atoms with Gasteiger partial charge in [0.1, 0.15) is 11.3 Å². The second-order valence-electron chi connectivity index (χ2n) is 8.23. The Morgan fingerprint density at radius 3 is 2.69 bits per heavy atom. The maximum absolute atomic E-state index is 12.1. The number of nitrogens with zero attached hydrogens (tertiary/aromatic N) is 3. The standard InChI is InChI=1S/C28H21N3O3S2/c1-33-27(32)20-9-11-24-22(15-20)29-26(31(24)16-21-8-5-13-35-21)19-10-12-25-23(14-19)30-28(34-25)36-17-18-6-3-2-4-7-18/h2-15H,16-17H2,1H3. The number of imidazole rings is 1. The third-order valence-electron chi connectivity index (χ3n) is 5.89. The summed E-state index contributed by atoms with van der Waals surface area (Å²) in [5.41, 5.74) is 5.84. The molecule has 3 heterocycles. The van der Waals surface area contributed by atoms with Crippen LogP contribution in [0.4, 0.5) is 0 Å². The second-order valence-corrected chi connectivity index (χ2v) is 10.2. The summed E-state index contributed by atoms with van der Waals surface area (Å²) in [7, 11) is 1.38. The van der Waals surface area contributed by atoms with Crippen LogP contribution in [0.2, 0.25) is 0 Å². The van der Waals surface area contributed by atoms with E-state index in [9.17, 15) is 4.79 Å². The van der Waals surface area contributed by atoms with Crippen molar-refractivity contribution in [3.63, 3.8) is 0 Å². The third-order valence-corrected chi connectivity index (χ3v) is 7.66. The first-order valence-electron chi connectivity index (χ1n) is 11.4. The summed E-state index contributed by atoms with van der Waals surface area (Å²) >= 11 is 3.28.